The molecule has 0 atom stereocenters. The van der Waals surface area contributed by atoms with E-state index in [1.54, 1.807) is 0 Å². The Morgan fingerprint density at radius 1 is 0.935 bits per heavy atom. The summed E-state index contributed by atoms with van der Waals surface area (Å²) >= 11 is 0. The van der Waals surface area contributed by atoms with Crippen molar-refractivity contribution in [2.24, 2.45) is 4.99 Å². The molecule has 8 heteroatoms. The van der Waals surface area contributed by atoms with Crippen LogP contribution in [0.2, 0.25) is 0 Å². The average molecular weight is 541 g/mol. The van der Waals surface area contributed by atoms with Gasteiger partial charge in [0.1, 0.15) is 0 Å². The van der Waals surface area contributed by atoms with Crippen molar-refractivity contribution in [2.45, 2.75) is 58.5 Å². The first-order valence-electron chi connectivity index (χ1n) is 11.3. The highest BCUT2D eigenvalue weighted by atomic mass is 127. The van der Waals surface area contributed by atoms with Crippen LogP contribution < -0.4 is 10.6 Å². The Kier molecular flexibility index (Phi) is 11.3. The quantitative estimate of drug-likeness (QED) is 0.229. The lowest BCUT2D eigenvalue weighted by Crippen LogP contribution is -2.46. The number of nitrogens with one attached hydrogen (secondary N) is 2. The molecular weight excluding hydrogens is 505 g/mol. The number of imide groups is 1. The van der Waals surface area contributed by atoms with Gasteiger partial charge in [0.25, 0.3) is 0 Å². The highest BCUT2D eigenvalue weighted by Gasteiger charge is 2.25. The number of hydrogen-bond donors (Lipinski definition) is 2. The molecule has 0 aromatic heterocycles. The summed E-state index contributed by atoms with van der Waals surface area (Å²) in [5.41, 5.74) is 2.52. The summed E-state index contributed by atoms with van der Waals surface area (Å²) in [5.74, 6) is 0.561. The molecule has 172 valence electrons. The van der Waals surface area contributed by atoms with Crippen LogP contribution in [0.4, 0.5) is 0 Å². The number of nitrogens with zero attached hydrogens (tertiary/aromatic N) is 3. The van der Waals surface area contributed by atoms with E-state index in [2.05, 4.69) is 44.8 Å². The minimum absolute atomic E-state index is 0. The first-order valence-corrected chi connectivity index (χ1v) is 11.3. The predicted molar refractivity (Wildman–Crippen MR) is 134 cm³/mol. The summed E-state index contributed by atoms with van der Waals surface area (Å²) in [4.78, 5) is 32.3. The molecule has 2 saturated heterocycles. The lowest BCUT2D eigenvalue weighted by Gasteiger charge is -2.26. The van der Waals surface area contributed by atoms with E-state index in [0.717, 1.165) is 18.7 Å². The second-order valence-corrected chi connectivity index (χ2v) is 8.07. The van der Waals surface area contributed by atoms with Crippen LogP contribution in [0.5, 0.6) is 0 Å². The summed E-state index contributed by atoms with van der Waals surface area (Å²) in [5, 5.41) is 6.45. The van der Waals surface area contributed by atoms with Crippen molar-refractivity contribution >= 4 is 41.8 Å². The third kappa shape index (κ3) is 8.40. The van der Waals surface area contributed by atoms with Gasteiger partial charge in [0, 0.05) is 39.0 Å². The lowest BCUT2D eigenvalue weighted by molar-refractivity contribution is -0.147. The third-order valence-electron chi connectivity index (χ3n) is 5.65. The molecule has 3 rings (SSSR count). The number of carbonyl (C=O) groups is 2. The van der Waals surface area contributed by atoms with E-state index in [1.807, 2.05) is 6.92 Å². The highest BCUT2D eigenvalue weighted by molar-refractivity contribution is 14.0. The Bertz CT molecular complexity index is 716. The normalized spacial score (nSPS) is 18.0. The molecule has 2 amide bonds. The van der Waals surface area contributed by atoms with Crippen LogP contribution in [0.3, 0.4) is 0 Å². The summed E-state index contributed by atoms with van der Waals surface area (Å²) in [6, 6.07) is 8.70. The van der Waals surface area contributed by atoms with Crippen LogP contribution in [0.1, 0.15) is 56.6 Å². The molecule has 0 radical (unpaired) electrons. The van der Waals surface area contributed by atoms with Gasteiger partial charge >= 0.3 is 0 Å². The number of guanidine groups is 1. The number of aliphatic imine (C=N–C) groups is 1. The fraction of sp³-hybridized carbons (Fsp3) is 0.609. The fourth-order valence-corrected chi connectivity index (χ4v) is 3.97. The maximum atomic E-state index is 11.9. The van der Waals surface area contributed by atoms with Gasteiger partial charge in [-0.15, -0.1) is 24.0 Å². The molecule has 0 aliphatic carbocycles. The number of piperidine rings is 2. The van der Waals surface area contributed by atoms with E-state index in [9.17, 15) is 9.59 Å². The van der Waals surface area contributed by atoms with Gasteiger partial charge in [0.15, 0.2) is 5.96 Å². The van der Waals surface area contributed by atoms with Gasteiger partial charge in [-0.1, -0.05) is 30.7 Å². The monoisotopic (exact) mass is 541 g/mol. The molecule has 2 fully saturated rings. The van der Waals surface area contributed by atoms with Crippen molar-refractivity contribution in [1.29, 1.82) is 0 Å². The molecule has 7 nitrogen and oxygen atoms in total. The van der Waals surface area contributed by atoms with Crippen LogP contribution in [0, 0.1) is 0 Å². The van der Waals surface area contributed by atoms with Crippen LogP contribution in [-0.2, 0) is 22.7 Å². The van der Waals surface area contributed by atoms with Gasteiger partial charge in [-0.25, -0.2) is 4.99 Å². The molecule has 0 saturated carbocycles. The topological polar surface area (TPSA) is 77.0 Å². The van der Waals surface area contributed by atoms with Crippen LogP contribution in [0.25, 0.3) is 0 Å². The number of benzene rings is 1. The van der Waals surface area contributed by atoms with Gasteiger partial charge in [-0.3, -0.25) is 19.4 Å². The van der Waals surface area contributed by atoms with E-state index in [-0.39, 0.29) is 35.8 Å². The van der Waals surface area contributed by atoms with Gasteiger partial charge < -0.3 is 10.6 Å². The molecule has 0 bridgehead atoms. The Morgan fingerprint density at radius 3 is 2.23 bits per heavy atom. The van der Waals surface area contributed by atoms with Gasteiger partial charge in [0.2, 0.25) is 11.8 Å². The average Bonchev–Trinajstić information content (AvgIpc) is 2.76. The molecule has 2 N–H and O–H groups in total. The molecule has 2 aliphatic heterocycles. The van der Waals surface area contributed by atoms with Gasteiger partial charge in [-0.2, -0.15) is 0 Å². The number of rotatable bonds is 8. The van der Waals surface area contributed by atoms with Crippen molar-refractivity contribution in [2.75, 3.05) is 32.7 Å². The van der Waals surface area contributed by atoms with Crippen molar-refractivity contribution < 1.29 is 9.59 Å². The molecule has 1 aromatic rings. The summed E-state index contributed by atoms with van der Waals surface area (Å²) in [6.45, 7) is 7.68. The minimum atomic E-state index is -0.0698. The summed E-state index contributed by atoms with van der Waals surface area (Å²) < 4.78 is 0. The maximum Gasteiger partial charge on any atom is 0.229 e. The molecule has 2 aliphatic rings. The first kappa shape index (κ1) is 25.6. The largest absolute Gasteiger partial charge is 0.357 e. The predicted octanol–water partition coefficient (Wildman–Crippen LogP) is 2.88. The molecule has 1 aromatic carbocycles. The summed E-state index contributed by atoms with van der Waals surface area (Å²) in [6.07, 6.45) is 5.59. The molecule has 2 heterocycles. The molecular formula is C23H36IN5O2. The Labute approximate surface area is 203 Å². The van der Waals surface area contributed by atoms with E-state index in [4.69, 9.17) is 0 Å². The Hall–Kier alpha value is -1.68. The fourth-order valence-electron chi connectivity index (χ4n) is 3.97. The maximum absolute atomic E-state index is 11.9. The smallest absolute Gasteiger partial charge is 0.229 e. The second kappa shape index (κ2) is 13.7. The van der Waals surface area contributed by atoms with Crippen LogP contribution >= 0.6 is 24.0 Å². The number of hydrogen-bond acceptors (Lipinski definition) is 4. The van der Waals surface area contributed by atoms with E-state index in [1.165, 1.54) is 42.8 Å². The van der Waals surface area contributed by atoms with Crippen molar-refractivity contribution in [3.63, 3.8) is 0 Å². The van der Waals surface area contributed by atoms with Crippen molar-refractivity contribution in [1.82, 2.24) is 20.4 Å². The zero-order chi connectivity index (χ0) is 21.2. The summed E-state index contributed by atoms with van der Waals surface area (Å²) in [7, 11) is 0. The first-order chi connectivity index (χ1) is 14.7. The third-order valence-corrected chi connectivity index (χ3v) is 5.65. The van der Waals surface area contributed by atoms with E-state index >= 15 is 0 Å². The van der Waals surface area contributed by atoms with Crippen LogP contribution in [0.15, 0.2) is 29.3 Å². The number of likely N-dealkylation sites (tertiary alicyclic amines) is 2. The van der Waals surface area contributed by atoms with Crippen LogP contribution in [-0.4, -0.2) is 60.3 Å². The second-order valence-electron chi connectivity index (χ2n) is 8.07. The molecule has 31 heavy (non-hydrogen) atoms. The molecule has 0 spiro atoms. The SMILES string of the molecule is CCNC(=NCc1ccc(CN2CCCCC2)cc1)NCCN1C(=O)CCCC1=O.I. The number of halogens is 1. The zero-order valence-corrected chi connectivity index (χ0v) is 20.9. The minimum Gasteiger partial charge on any atom is -0.357 e. The number of carbonyl (C=O) groups excluding carboxylic acids is 2. The Morgan fingerprint density at radius 2 is 1.58 bits per heavy atom. The lowest BCUT2D eigenvalue weighted by atomic mass is 10.1. The van der Waals surface area contributed by atoms with Crippen molar-refractivity contribution in [3.8, 4) is 0 Å². The van der Waals surface area contributed by atoms with E-state index < -0.39 is 0 Å². The van der Waals surface area contributed by atoms with Gasteiger partial charge in [0.05, 0.1) is 6.54 Å². The standard InChI is InChI=1S/C23H35N5O2.HI/c1-2-24-23(25-13-16-28-21(29)7-6-8-22(28)30)26-17-19-9-11-20(12-10-19)18-27-14-4-3-5-15-27;/h9-12H,2-8,13-18H2,1H3,(H2,24,25,26);1H. The highest BCUT2D eigenvalue weighted by Crippen LogP contribution is 2.14. The Balaban J connectivity index is 0.00000341. The van der Waals surface area contributed by atoms with Crippen molar-refractivity contribution in [3.05, 3.63) is 35.4 Å². The molecule has 0 unspecified atom stereocenters. The van der Waals surface area contributed by atoms with E-state index in [0.29, 0.717) is 44.9 Å². The number of amides is 2. The van der Waals surface area contributed by atoms with Gasteiger partial charge in [-0.05, 0) is 50.4 Å². The zero-order valence-electron chi connectivity index (χ0n) is 18.6.